The fraction of sp³-hybridized carbons (Fsp3) is 0.500. The summed E-state index contributed by atoms with van der Waals surface area (Å²) in [7, 11) is 1.65. The number of carbonyl (C=O) groups is 1. The molecule has 0 spiro atoms. The zero-order chi connectivity index (χ0) is 13.5. The molecule has 1 amide bonds. The summed E-state index contributed by atoms with van der Waals surface area (Å²) < 4.78 is 5.26. The molecule has 0 aliphatic heterocycles. The average molecular weight is 287 g/mol. The van der Waals surface area contributed by atoms with Gasteiger partial charge in [-0.15, -0.1) is 12.4 Å². The van der Waals surface area contributed by atoms with Crippen LogP contribution < -0.4 is 15.8 Å². The van der Waals surface area contributed by atoms with Crippen molar-refractivity contribution >= 4 is 18.3 Å². The van der Waals surface area contributed by atoms with Crippen molar-refractivity contribution in [3.05, 3.63) is 29.8 Å². The molecule has 0 aliphatic carbocycles. The van der Waals surface area contributed by atoms with Crippen molar-refractivity contribution in [2.45, 2.75) is 26.3 Å². The van der Waals surface area contributed by atoms with E-state index in [0.717, 1.165) is 17.7 Å². The van der Waals surface area contributed by atoms with Gasteiger partial charge in [0.1, 0.15) is 5.75 Å². The highest BCUT2D eigenvalue weighted by Crippen LogP contribution is 2.17. The van der Waals surface area contributed by atoms with Crippen LogP contribution in [0.3, 0.4) is 0 Å². The van der Waals surface area contributed by atoms with Crippen molar-refractivity contribution in [1.82, 2.24) is 5.32 Å². The summed E-state index contributed by atoms with van der Waals surface area (Å²) in [6.45, 7) is 4.27. The highest BCUT2D eigenvalue weighted by molar-refractivity contribution is 5.85. The molecule has 1 aromatic carbocycles. The lowest BCUT2D eigenvalue weighted by atomic mass is 10.0. The Morgan fingerprint density at radius 3 is 2.58 bits per heavy atom. The molecule has 1 aromatic rings. The molecular formula is C14H23ClN2O2. The van der Waals surface area contributed by atoms with E-state index in [2.05, 4.69) is 5.32 Å². The third-order valence-electron chi connectivity index (χ3n) is 3.09. The number of hydrogen-bond donors (Lipinski definition) is 2. The Bertz CT molecular complexity index is 397. The summed E-state index contributed by atoms with van der Waals surface area (Å²) in [4.78, 5) is 11.7. The summed E-state index contributed by atoms with van der Waals surface area (Å²) in [5.74, 6) is 0.689. The first-order valence-corrected chi connectivity index (χ1v) is 6.21. The van der Waals surface area contributed by atoms with Gasteiger partial charge in [-0.2, -0.15) is 0 Å². The molecule has 0 aliphatic rings. The van der Waals surface area contributed by atoms with Crippen LogP contribution in [0.15, 0.2) is 24.3 Å². The van der Waals surface area contributed by atoms with Crippen molar-refractivity contribution in [2.75, 3.05) is 13.7 Å². The molecule has 5 heteroatoms. The first kappa shape index (κ1) is 17.7. The molecule has 0 saturated carbocycles. The van der Waals surface area contributed by atoms with Gasteiger partial charge < -0.3 is 15.8 Å². The molecule has 0 heterocycles. The first-order chi connectivity index (χ1) is 8.56. The molecule has 4 nitrogen and oxygen atoms in total. The molecule has 0 fully saturated rings. The maximum Gasteiger partial charge on any atom is 0.224 e. The maximum absolute atomic E-state index is 11.7. The van der Waals surface area contributed by atoms with Crippen molar-refractivity contribution in [1.29, 1.82) is 0 Å². The van der Waals surface area contributed by atoms with Gasteiger partial charge in [-0.25, -0.2) is 0 Å². The van der Waals surface area contributed by atoms with Gasteiger partial charge in [0, 0.05) is 18.5 Å². The Morgan fingerprint density at radius 1 is 1.37 bits per heavy atom. The second kappa shape index (κ2) is 8.77. The fourth-order valence-corrected chi connectivity index (χ4v) is 1.63. The predicted molar refractivity (Wildman–Crippen MR) is 79.8 cm³/mol. The lowest BCUT2D eigenvalue weighted by molar-refractivity contribution is -0.124. The molecule has 0 bridgehead atoms. The zero-order valence-electron chi connectivity index (χ0n) is 11.7. The van der Waals surface area contributed by atoms with Crippen LogP contribution in [-0.4, -0.2) is 25.6 Å². The Morgan fingerprint density at radius 2 is 2.00 bits per heavy atom. The molecule has 0 aromatic heterocycles. The number of hydrogen-bond acceptors (Lipinski definition) is 3. The minimum atomic E-state index is -0.164. The van der Waals surface area contributed by atoms with Crippen LogP contribution in [0.4, 0.5) is 0 Å². The van der Waals surface area contributed by atoms with Gasteiger partial charge in [0.15, 0.2) is 0 Å². The molecule has 19 heavy (non-hydrogen) atoms. The van der Waals surface area contributed by atoms with Crippen molar-refractivity contribution in [3.63, 3.8) is 0 Å². The van der Waals surface area contributed by atoms with E-state index in [0.29, 0.717) is 6.54 Å². The normalized spacial score (nSPS) is 13.1. The van der Waals surface area contributed by atoms with Crippen molar-refractivity contribution in [2.24, 2.45) is 11.7 Å². The SMILES string of the molecule is COc1ccccc1CCNC(=O)C(C)C(C)N.Cl. The van der Waals surface area contributed by atoms with Gasteiger partial charge in [0.25, 0.3) is 0 Å². The van der Waals surface area contributed by atoms with Gasteiger partial charge >= 0.3 is 0 Å². The molecular weight excluding hydrogens is 264 g/mol. The predicted octanol–water partition coefficient (Wildman–Crippen LogP) is 1.76. The highest BCUT2D eigenvalue weighted by atomic mass is 35.5. The van der Waals surface area contributed by atoms with Crippen LogP contribution in [-0.2, 0) is 11.2 Å². The summed E-state index contributed by atoms with van der Waals surface area (Å²) in [5, 5.41) is 2.89. The van der Waals surface area contributed by atoms with Crippen LogP contribution in [0, 0.1) is 5.92 Å². The smallest absolute Gasteiger partial charge is 0.224 e. The van der Waals surface area contributed by atoms with Crippen LogP contribution in [0.2, 0.25) is 0 Å². The number of rotatable bonds is 6. The lowest BCUT2D eigenvalue weighted by Crippen LogP contribution is -2.39. The van der Waals surface area contributed by atoms with E-state index in [1.807, 2.05) is 38.1 Å². The van der Waals surface area contributed by atoms with Gasteiger partial charge in [-0.05, 0) is 25.0 Å². The molecule has 0 saturated heterocycles. The summed E-state index contributed by atoms with van der Waals surface area (Å²) in [6.07, 6.45) is 0.751. The van der Waals surface area contributed by atoms with Crippen molar-refractivity contribution < 1.29 is 9.53 Å². The second-order valence-corrected chi connectivity index (χ2v) is 4.50. The van der Waals surface area contributed by atoms with E-state index in [-0.39, 0.29) is 30.3 Å². The number of nitrogens with one attached hydrogen (secondary N) is 1. The summed E-state index contributed by atoms with van der Waals surface area (Å²) in [5.41, 5.74) is 6.78. The Kier molecular flexibility index (Phi) is 8.19. The molecule has 3 N–H and O–H groups in total. The number of nitrogens with two attached hydrogens (primary N) is 1. The standard InChI is InChI=1S/C14H22N2O2.ClH/c1-10(11(2)15)14(17)16-9-8-12-6-4-5-7-13(12)18-3;/h4-7,10-11H,8-9,15H2,1-3H3,(H,16,17);1H. The first-order valence-electron chi connectivity index (χ1n) is 6.21. The van der Waals surface area contributed by atoms with Crippen LogP contribution in [0.25, 0.3) is 0 Å². The number of ether oxygens (including phenoxy) is 1. The number of halogens is 1. The number of amides is 1. The number of methoxy groups -OCH3 is 1. The lowest BCUT2D eigenvalue weighted by Gasteiger charge is -2.15. The van der Waals surface area contributed by atoms with Gasteiger partial charge in [-0.3, -0.25) is 4.79 Å². The second-order valence-electron chi connectivity index (χ2n) is 4.50. The monoisotopic (exact) mass is 286 g/mol. The number of benzene rings is 1. The Balaban J connectivity index is 0.00000324. The third kappa shape index (κ3) is 5.49. The largest absolute Gasteiger partial charge is 0.496 e. The van der Waals surface area contributed by atoms with Gasteiger partial charge in [-0.1, -0.05) is 25.1 Å². The molecule has 1 rings (SSSR count). The topological polar surface area (TPSA) is 64.3 Å². The van der Waals surface area contributed by atoms with Gasteiger partial charge in [0.2, 0.25) is 5.91 Å². The third-order valence-corrected chi connectivity index (χ3v) is 3.09. The van der Waals surface area contributed by atoms with Gasteiger partial charge in [0.05, 0.1) is 7.11 Å². The van der Waals surface area contributed by atoms with Crippen LogP contribution in [0.5, 0.6) is 5.75 Å². The quantitative estimate of drug-likeness (QED) is 0.837. The van der Waals surface area contributed by atoms with E-state index in [1.165, 1.54) is 0 Å². The van der Waals surface area contributed by atoms with E-state index < -0.39 is 0 Å². The minimum Gasteiger partial charge on any atom is -0.496 e. The minimum absolute atomic E-state index is 0. The van der Waals surface area contributed by atoms with E-state index in [9.17, 15) is 4.79 Å². The summed E-state index contributed by atoms with van der Waals surface area (Å²) >= 11 is 0. The Hall–Kier alpha value is -1.26. The van der Waals surface area contributed by atoms with E-state index in [4.69, 9.17) is 10.5 Å². The zero-order valence-corrected chi connectivity index (χ0v) is 12.5. The number of para-hydroxylation sites is 1. The molecule has 0 radical (unpaired) electrons. The maximum atomic E-state index is 11.7. The number of carbonyl (C=O) groups excluding carboxylic acids is 1. The fourth-order valence-electron chi connectivity index (χ4n) is 1.63. The van der Waals surface area contributed by atoms with E-state index in [1.54, 1.807) is 7.11 Å². The average Bonchev–Trinajstić information content (AvgIpc) is 2.38. The molecule has 2 atom stereocenters. The van der Waals surface area contributed by atoms with Crippen molar-refractivity contribution in [3.8, 4) is 5.75 Å². The molecule has 108 valence electrons. The van der Waals surface area contributed by atoms with Crippen LogP contribution in [0.1, 0.15) is 19.4 Å². The summed E-state index contributed by atoms with van der Waals surface area (Å²) in [6, 6.07) is 7.68. The molecule has 2 unspecified atom stereocenters. The Labute approximate surface area is 121 Å². The van der Waals surface area contributed by atoms with Crippen LogP contribution >= 0.6 is 12.4 Å². The van der Waals surface area contributed by atoms with E-state index >= 15 is 0 Å². The highest BCUT2D eigenvalue weighted by Gasteiger charge is 2.16.